The van der Waals surface area contributed by atoms with Gasteiger partial charge in [-0.3, -0.25) is 9.59 Å². The topological polar surface area (TPSA) is 132 Å². The van der Waals surface area contributed by atoms with Gasteiger partial charge < -0.3 is 25.0 Å². The van der Waals surface area contributed by atoms with Crippen LogP contribution in [0.5, 0.6) is 5.88 Å². The molecule has 30 heavy (non-hydrogen) atoms. The molecule has 0 aliphatic carbocycles. The number of amides is 2. The highest BCUT2D eigenvalue weighted by Crippen LogP contribution is 2.35. The Hall–Kier alpha value is -3.72. The number of likely N-dealkylation sites (tertiary alicyclic amines) is 1. The fourth-order valence-electron chi connectivity index (χ4n) is 3.45. The van der Waals surface area contributed by atoms with Crippen molar-refractivity contribution >= 4 is 11.8 Å². The molecule has 9 nitrogen and oxygen atoms in total. The first-order valence-electron chi connectivity index (χ1n) is 9.23. The van der Waals surface area contributed by atoms with Crippen LogP contribution in [0.15, 0.2) is 47.0 Å². The van der Waals surface area contributed by atoms with Gasteiger partial charge in [0.2, 0.25) is 11.5 Å². The Kier molecular flexibility index (Phi) is 4.75. The van der Waals surface area contributed by atoms with E-state index in [-0.39, 0.29) is 23.8 Å². The van der Waals surface area contributed by atoms with E-state index in [0.717, 1.165) is 5.56 Å². The van der Waals surface area contributed by atoms with Crippen LogP contribution in [0.25, 0.3) is 22.4 Å². The highest BCUT2D eigenvalue weighted by atomic mass is 16.5. The number of aromatic nitrogens is 2. The molecule has 0 unspecified atom stereocenters. The van der Waals surface area contributed by atoms with E-state index in [1.807, 2.05) is 24.3 Å². The number of hydrogen-bond donors (Lipinski definition) is 2. The lowest BCUT2D eigenvalue weighted by atomic mass is 9.97. The molecule has 1 saturated heterocycles. The van der Waals surface area contributed by atoms with Crippen LogP contribution in [0, 0.1) is 0 Å². The van der Waals surface area contributed by atoms with E-state index in [1.165, 1.54) is 12.0 Å². The van der Waals surface area contributed by atoms with Gasteiger partial charge in [0.05, 0.1) is 7.11 Å². The van der Waals surface area contributed by atoms with Gasteiger partial charge in [-0.25, -0.2) is 4.98 Å². The van der Waals surface area contributed by atoms with Crippen LogP contribution in [0.3, 0.4) is 0 Å². The van der Waals surface area contributed by atoms with Crippen molar-refractivity contribution in [2.24, 2.45) is 5.73 Å². The summed E-state index contributed by atoms with van der Waals surface area (Å²) in [6.45, 7) is 0.437. The van der Waals surface area contributed by atoms with Gasteiger partial charge in [-0.15, -0.1) is 0 Å². The molecule has 0 saturated carbocycles. The van der Waals surface area contributed by atoms with Crippen molar-refractivity contribution in [3.05, 3.63) is 53.9 Å². The summed E-state index contributed by atoms with van der Waals surface area (Å²) in [7, 11) is 3.08. The molecule has 4 rings (SSSR count). The van der Waals surface area contributed by atoms with Crippen molar-refractivity contribution in [2.75, 3.05) is 20.7 Å². The van der Waals surface area contributed by atoms with Gasteiger partial charge >= 0.3 is 0 Å². The van der Waals surface area contributed by atoms with Crippen LogP contribution in [0.2, 0.25) is 0 Å². The van der Waals surface area contributed by atoms with Crippen molar-refractivity contribution in [3.8, 4) is 28.3 Å². The summed E-state index contributed by atoms with van der Waals surface area (Å²) in [5.74, 6) is -0.700. The number of carbonyl (C=O) groups excluding carboxylic acids is 2. The minimum absolute atomic E-state index is 0.0876. The molecule has 2 amide bonds. The number of methoxy groups -OCH3 is 1. The highest BCUT2D eigenvalue weighted by molar-refractivity contribution is 5.92. The van der Waals surface area contributed by atoms with Crippen molar-refractivity contribution in [2.45, 2.75) is 12.0 Å². The van der Waals surface area contributed by atoms with E-state index < -0.39 is 17.4 Å². The Morgan fingerprint density at radius 1 is 1.23 bits per heavy atom. The maximum absolute atomic E-state index is 12.3. The molecule has 1 fully saturated rings. The maximum atomic E-state index is 12.3. The molecule has 154 valence electrons. The van der Waals surface area contributed by atoms with E-state index >= 15 is 0 Å². The average Bonchev–Trinajstić information content (AvgIpc) is 3.36. The van der Waals surface area contributed by atoms with Crippen LogP contribution in [0.4, 0.5) is 0 Å². The van der Waals surface area contributed by atoms with Crippen molar-refractivity contribution < 1.29 is 24.0 Å². The molecule has 3 N–H and O–H groups in total. The number of rotatable bonds is 5. The predicted molar refractivity (Wildman–Crippen MR) is 106 cm³/mol. The number of aliphatic hydroxyl groups is 1. The standard InChI is InChI=1S/C21H20N4O5/c1-25-7-6-21(28,20(25)27)17-11-15(24-30-17)13-5-3-4-12(8-13)14-9-16(19(22)26)23-18(10-14)29-2/h3-5,8-11,28H,6-7H2,1-2H3,(H2,22,26)/t21-/m1/s1. The maximum Gasteiger partial charge on any atom is 0.267 e. The zero-order valence-electron chi connectivity index (χ0n) is 16.5. The smallest absolute Gasteiger partial charge is 0.267 e. The third-order valence-corrected chi connectivity index (χ3v) is 5.18. The molecule has 3 aromatic rings. The number of primary amides is 1. The third kappa shape index (κ3) is 3.29. The number of carbonyl (C=O) groups is 2. The van der Waals surface area contributed by atoms with Crippen molar-refractivity contribution in [1.29, 1.82) is 0 Å². The lowest BCUT2D eigenvalue weighted by Gasteiger charge is -2.16. The first-order chi connectivity index (χ1) is 14.3. The SMILES string of the molecule is COc1cc(-c2cccc(-c3cc([C@]4(O)CCN(C)C4=O)on3)c2)cc(C(N)=O)n1. The summed E-state index contributed by atoms with van der Waals surface area (Å²) in [5.41, 5.74) is 6.39. The molecule has 3 heterocycles. The van der Waals surface area contributed by atoms with Crippen LogP contribution >= 0.6 is 0 Å². The van der Waals surface area contributed by atoms with Gasteiger partial charge in [0.25, 0.3) is 11.8 Å². The summed E-state index contributed by atoms with van der Waals surface area (Å²) in [4.78, 5) is 29.4. The molecule has 1 aromatic carbocycles. The molecular weight excluding hydrogens is 388 g/mol. The molecular formula is C21H20N4O5. The Balaban J connectivity index is 1.71. The monoisotopic (exact) mass is 408 g/mol. The molecule has 0 bridgehead atoms. The van der Waals surface area contributed by atoms with E-state index in [2.05, 4.69) is 10.1 Å². The Morgan fingerprint density at radius 2 is 2.00 bits per heavy atom. The number of pyridine rings is 1. The second-order valence-corrected chi connectivity index (χ2v) is 7.14. The minimum Gasteiger partial charge on any atom is -0.481 e. The van der Waals surface area contributed by atoms with E-state index in [0.29, 0.717) is 23.4 Å². The van der Waals surface area contributed by atoms with Gasteiger partial charge in [-0.05, 0) is 23.3 Å². The number of ether oxygens (including phenoxy) is 1. The largest absolute Gasteiger partial charge is 0.481 e. The molecule has 0 radical (unpaired) electrons. The zero-order valence-corrected chi connectivity index (χ0v) is 16.5. The molecule has 2 aromatic heterocycles. The fourth-order valence-corrected chi connectivity index (χ4v) is 3.45. The normalized spacial score (nSPS) is 18.6. The summed E-state index contributed by atoms with van der Waals surface area (Å²) in [6.07, 6.45) is 0.240. The predicted octanol–water partition coefficient (Wildman–Crippen LogP) is 1.56. The fraction of sp³-hybridized carbons (Fsp3) is 0.238. The molecule has 0 spiro atoms. The zero-order chi connectivity index (χ0) is 21.5. The number of likely N-dealkylation sites (N-methyl/N-ethyl adjacent to an activating group) is 1. The van der Waals surface area contributed by atoms with Crippen LogP contribution in [-0.4, -0.2) is 52.7 Å². The van der Waals surface area contributed by atoms with Crippen LogP contribution in [0.1, 0.15) is 22.7 Å². The third-order valence-electron chi connectivity index (χ3n) is 5.18. The highest BCUT2D eigenvalue weighted by Gasteiger charge is 2.48. The lowest BCUT2D eigenvalue weighted by molar-refractivity contribution is -0.144. The molecule has 1 aliphatic heterocycles. The van der Waals surface area contributed by atoms with Crippen molar-refractivity contribution in [3.63, 3.8) is 0 Å². The first kappa shape index (κ1) is 19.6. The Labute approximate surface area is 172 Å². The second kappa shape index (κ2) is 7.27. The Bertz CT molecular complexity index is 1140. The van der Waals surface area contributed by atoms with Gasteiger partial charge in [-0.2, -0.15) is 0 Å². The number of nitrogens with two attached hydrogens (primary N) is 1. The van der Waals surface area contributed by atoms with Gasteiger partial charge in [-0.1, -0.05) is 23.4 Å². The minimum atomic E-state index is -1.70. The summed E-state index contributed by atoms with van der Waals surface area (Å²) >= 11 is 0. The molecule has 1 atom stereocenters. The van der Waals surface area contributed by atoms with Crippen LogP contribution in [-0.2, 0) is 10.4 Å². The summed E-state index contributed by atoms with van der Waals surface area (Å²) in [6, 6.07) is 12.2. The van der Waals surface area contributed by atoms with Crippen molar-refractivity contribution in [1.82, 2.24) is 15.0 Å². The Morgan fingerprint density at radius 3 is 2.67 bits per heavy atom. The number of benzene rings is 1. The van der Waals surface area contributed by atoms with E-state index in [9.17, 15) is 14.7 Å². The van der Waals surface area contributed by atoms with Gasteiger partial charge in [0.1, 0.15) is 11.4 Å². The van der Waals surface area contributed by atoms with Gasteiger partial charge in [0.15, 0.2) is 5.76 Å². The quantitative estimate of drug-likeness (QED) is 0.655. The molecule has 1 aliphatic rings. The van der Waals surface area contributed by atoms with E-state index in [1.54, 1.807) is 25.2 Å². The average molecular weight is 408 g/mol. The van der Waals surface area contributed by atoms with E-state index in [4.69, 9.17) is 15.0 Å². The lowest BCUT2D eigenvalue weighted by Crippen LogP contribution is -2.35. The van der Waals surface area contributed by atoms with Gasteiger partial charge in [0, 0.05) is 37.7 Å². The summed E-state index contributed by atoms with van der Waals surface area (Å²) < 4.78 is 10.5. The first-order valence-corrected chi connectivity index (χ1v) is 9.23. The number of hydrogen-bond acceptors (Lipinski definition) is 7. The second-order valence-electron chi connectivity index (χ2n) is 7.14. The molecule has 9 heteroatoms. The summed E-state index contributed by atoms with van der Waals surface area (Å²) in [5, 5.41) is 14.8. The number of nitrogens with zero attached hydrogens (tertiary/aromatic N) is 3. The van der Waals surface area contributed by atoms with Crippen LogP contribution < -0.4 is 10.5 Å².